The molecule has 0 aliphatic carbocycles. The van der Waals surface area contributed by atoms with Crippen molar-refractivity contribution in [3.8, 4) is 11.5 Å². The first-order chi connectivity index (χ1) is 10.1. The molecular formula is C15H16N2O4. The Labute approximate surface area is 122 Å². The molecule has 0 spiro atoms. The van der Waals surface area contributed by atoms with Crippen molar-refractivity contribution in [2.75, 3.05) is 13.7 Å². The molecule has 2 heterocycles. The zero-order valence-electron chi connectivity index (χ0n) is 11.9. The van der Waals surface area contributed by atoms with Gasteiger partial charge in [0.1, 0.15) is 18.1 Å². The Kier molecular flexibility index (Phi) is 3.51. The molecule has 6 heteroatoms. The second kappa shape index (κ2) is 5.47. The average Bonchev–Trinajstić information content (AvgIpc) is 2.91. The van der Waals surface area contributed by atoms with E-state index in [2.05, 4.69) is 5.16 Å². The van der Waals surface area contributed by atoms with Crippen molar-refractivity contribution in [3.63, 3.8) is 0 Å². The van der Waals surface area contributed by atoms with Crippen molar-refractivity contribution < 1.29 is 18.8 Å². The molecule has 110 valence electrons. The zero-order chi connectivity index (χ0) is 14.8. The number of nitrogens with zero attached hydrogens (tertiary/aromatic N) is 2. The summed E-state index contributed by atoms with van der Waals surface area (Å²) in [5.41, 5.74) is 0.709. The van der Waals surface area contributed by atoms with Gasteiger partial charge in [-0.15, -0.1) is 0 Å². The van der Waals surface area contributed by atoms with Gasteiger partial charge in [0.2, 0.25) is 6.10 Å². The summed E-state index contributed by atoms with van der Waals surface area (Å²) in [7, 11) is 1.70. The maximum atomic E-state index is 12.4. The first kappa shape index (κ1) is 13.5. The number of hydrogen-bond donors (Lipinski definition) is 0. The Balaban J connectivity index is 1.66. The van der Waals surface area contributed by atoms with Crippen molar-refractivity contribution in [1.29, 1.82) is 0 Å². The SMILES string of the molecule is Cc1cc(CN(C)C(=O)[C@H]2COc3ccccc3O2)no1. The highest BCUT2D eigenvalue weighted by molar-refractivity contribution is 5.81. The predicted molar refractivity (Wildman–Crippen MR) is 74.1 cm³/mol. The molecule has 0 radical (unpaired) electrons. The largest absolute Gasteiger partial charge is 0.485 e. The van der Waals surface area contributed by atoms with Crippen molar-refractivity contribution in [2.24, 2.45) is 0 Å². The van der Waals surface area contributed by atoms with E-state index >= 15 is 0 Å². The number of ether oxygens (including phenoxy) is 2. The molecule has 0 N–H and O–H groups in total. The van der Waals surface area contributed by atoms with Crippen LogP contribution < -0.4 is 9.47 Å². The van der Waals surface area contributed by atoms with Crippen LogP contribution in [0.5, 0.6) is 11.5 Å². The number of rotatable bonds is 3. The third-order valence-electron chi connectivity index (χ3n) is 3.24. The second-order valence-corrected chi connectivity index (χ2v) is 4.99. The van der Waals surface area contributed by atoms with Gasteiger partial charge < -0.3 is 18.9 Å². The van der Waals surface area contributed by atoms with Gasteiger partial charge in [-0.25, -0.2) is 0 Å². The van der Waals surface area contributed by atoms with Crippen LogP contribution in [0.1, 0.15) is 11.5 Å². The molecule has 1 atom stereocenters. The van der Waals surface area contributed by atoms with E-state index in [0.717, 1.165) is 5.76 Å². The molecule has 0 unspecified atom stereocenters. The van der Waals surface area contributed by atoms with Crippen LogP contribution in [0.2, 0.25) is 0 Å². The van der Waals surface area contributed by atoms with Gasteiger partial charge in [0.25, 0.3) is 5.91 Å². The first-order valence-electron chi connectivity index (χ1n) is 6.69. The van der Waals surface area contributed by atoms with Gasteiger partial charge in [-0.05, 0) is 19.1 Å². The lowest BCUT2D eigenvalue weighted by atomic mass is 10.2. The van der Waals surface area contributed by atoms with Gasteiger partial charge in [0, 0.05) is 13.1 Å². The summed E-state index contributed by atoms with van der Waals surface area (Å²) in [6, 6.07) is 9.12. The molecule has 0 saturated carbocycles. The van der Waals surface area contributed by atoms with E-state index in [0.29, 0.717) is 23.7 Å². The van der Waals surface area contributed by atoms with Gasteiger partial charge in [-0.3, -0.25) is 4.79 Å². The van der Waals surface area contributed by atoms with Crippen LogP contribution in [0, 0.1) is 6.92 Å². The zero-order valence-corrected chi connectivity index (χ0v) is 11.9. The topological polar surface area (TPSA) is 64.8 Å². The van der Waals surface area contributed by atoms with Crippen molar-refractivity contribution >= 4 is 5.91 Å². The number of likely N-dealkylation sites (N-methyl/N-ethyl adjacent to an activating group) is 1. The van der Waals surface area contributed by atoms with E-state index in [1.807, 2.05) is 25.1 Å². The van der Waals surface area contributed by atoms with Crippen molar-refractivity contribution in [2.45, 2.75) is 19.6 Å². The minimum Gasteiger partial charge on any atom is -0.485 e. The van der Waals surface area contributed by atoms with Crippen LogP contribution in [0.15, 0.2) is 34.9 Å². The van der Waals surface area contributed by atoms with Crippen LogP contribution >= 0.6 is 0 Å². The number of carbonyl (C=O) groups is 1. The Morgan fingerprint density at radius 1 is 1.38 bits per heavy atom. The second-order valence-electron chi connectivity index (χ2n) is 4.99. The number of para-hydroxylation sites is 2. The fraction of sp³-hybridized carbons (Fsp3) is 0.333. The maximum Gasteiger partial charge on any atom is 0.267 e. The lowest BCUT2D eigenvalue weighted by Crippen LogP contribution is -2.44. The van der Waals surface area contributed by atoms with Gasteiger partial charge in [-0.2, -0.15) is 0 Å². The predicted octanol–water partition coefficient (Wildman–Crippen LogP) is 1.78. The number of hydrogen-bond acceptors (Lipinski definition) is 5. The van der Waals surface area contributed by atoms with Gasteiger partial charge in [0.05, 0.1) is 6.54 Å². The molecule has 1 aromatic heterocycles. The van der Waals surface area contributed by atoms with E-state index in [4.69, 9.17) is 14.0 Å². The van der Waals surface area contributed by atoms with E-state index in [1.54, 1.807) is 24.1 Å². The molecule has 2 aromatic rings. The number of aryl methyl sites for hydroxylation is 1. The third-order valence-corrected chi connectivity index (χ3v) is 3.24. The van der Waals surface area contributed by atoms with E-state index in [1.165, 1.54) is 0 Å². The van der Waals surface area contributed by atoms with Crippen LogP contribution in [0.25, 0.3) is 0 Å². The number of fused-ring (bicyclic) bond motifs is 1. The molecule has 3 rings (SSSR count). The van der Waals surface area contributed by atoms with E-state index < -0.39 is 6.10 Å². The molecule has 6 nitrogen and oxygen atoms in total. The summed E-state index contributed by atoms with van der Waals surface area (Å²) in [4.78, 5) is 13.9. The van der Waals surface area contributed by atoms with E-state index in [9.17, 15) is 4.79 Å². The minimum absolute atomic E-state index is 0.148. The van der Waals surface area contributed by atoms with Crippen LogP contribution in [-0.2, 0) is 11.3 Å². The smallest absolute Gasteiger partial charge is 0.267 e. The van der Waals surface area contributed by atoms with Gasteiger partial charge in [-0.1, -0.05) is 17.3 Å². The third kappa shape index (κ3) is 2.84. The summed E-state index contributed by atoms with van der Waals surface area (Å²) in [6.45, 7) is 2.39. The molecule has 1 aromatic carbocycles. The molecule has 0 saturated heterocycles. The summed E-state index contributed by atoms with van der Waals surface area (Å²) >= 11 is 0. The molecule has 1 aliphatic heterocycles. The van der Waals surface area contributed by atoms with Crippen LogP contribution in [0.3, 0.4) is 0 Å². The summed E-state index contributed by atoms with van der Waals surface area (Å²) in [6.07, 6.45) is -0.641. The summed E-state index contributed by atoms with van der Waals surface area (Å²) in [5, 5.41) is 3.88. The lowest BCUT2D eigenvalue weighted by Gasteiger charge is -2.28. The number of amides is 1. The highest BCUT2D eigenvalue weighted by Gasteiger charge is 2.29. The Morgan fingerprint density at radius 3 is 2.86 bits per heavy atom. The highest BCUT2D eigenvalue weighted by Crippen LogP contribution is 2.31. The maximum absolute atomic E-state index is 12.4. The fourth-order valence-electron chi connectivity index (χ4n) is 2.20. The first-order valence-corrected chi connectivity index (χ1v) is 6.69. The molecule has 1 amide bonds. The minimum atomic E-state index is -0.641. The molecule has 21 heavy (non-hydrogen) atoms. The Morgan fingerprint density at radius 2 is 2.14 bits per heavy atom. The van der Waals surface area contributed by atoms with Gasteiger partial charge in [0.15, 0.2) is 11.5 Å². The van der Waals surface area contributed by atoms with Crippen LogP contribution in [0.4, 0.5) is 0 Å². The number of benzene rings is 1. The van der Waals surface area contributed by atoms with E-state index in [-0.39, 0.29) is 12.5 Å². The standard InChI is InChI=1S/C15H16N2O4/c1-10-7-11(16-21-10)8-17(2)15(18)14-9-19-12-5-3-4-6-13(12)20-14/h3-7,14H,8-9H2,1-2H3/t14-/m1/s1. The summed E-state index contributed by atoms with van der Waals surface area (Å²) < 4.78 is 16.2. The Bertz CT molecular complexity index is 653. The summed E-state index contributed by atoms with van der Waals surface area (Å²) in [5.74, 6) is 1.83. The van der Waals surface area contributed by atoms with Crippen LogP contribution in [-0.4, -0.2) is 35.7 Å². The number of carbonyl (C=O) groups excluding carboxylic acids is 1. The normalized spacial score (nSPS) is 16.6. The molecule has 1 aliphatic rings. The average molecular weight is 288 g/mol. The van der Waals surface area contributed by atoms with Crippen molar-refractivity contribution in [1.82, 2.24) is 10.1 Å². The fourth-order valence-corrected chi connectivity index (χ4v) is 2.20. The molecule has 0 fully saturated rings. The lowest BCUT2D eigenvalue weighted by molar-refractivity contribution is -0.140. The molecule has 0 bridgehead atoms. The Hall–Kier alpha value is -2.50. The molecular weight excluding hydrogens is 272 g/mol. The number of aromatic nitrogens is 1. The van der Waals surface area contributed by atoms with Gasteiger partial charge >= 0.3 is 0 Å². The quantitative estimate of drug-likeness (QED) is 0.861. The monoisotopic (exact) mass is 288 g/mol. The van der Waals surface area contributed by atoms with Crippen molar-refractivity contribution in [3.05, 3.63) is 41.8 Å². The highest BCUT2D eigenvalue weighted by atomic mass is 16.6.